The summed E-state index contributed by atoms with van der Waals surface area (Å²) in [7, 11) is 3.07. The van der Waals surface area contributed by atoms with Crippen LogP contribution in [0.2, 0.25) is 0 Å². The number of hydrogen-bond donors (Lipinski definition) is 0. The molecule has 9 nitrogen and oxygen atoms in total. The predicted molar refractivity (Wildman–Crippen MR) is 138 cm³/mol. The number of nitro benzene ring substituents is 1. The molecule has 1 amide bonds. The van der Waals surface area contributed by atoms with Gasteiger partial charge in [-0.2, -0.15) is 0 Å². The average Bonchev–Trinajstić information content (AvgIpc) is 3.29. The Morgan fingerprint density at radius 3 is 2.47 bits per heavy atom. The summed E-state index contributed by atoms with van der Waals surface area (Å²) in [6, 6.07) is 15.2. The minimum Gasteiger partial charge on any atom is -0.466 e. The van der Waals surface area contributed by atoms with Gasteiger partial charge in [-0.05, 0) is 35.1 Å². The summed E-state index contributed by atoms with van der Waals surface area (Å²) >= 11 is 1.39. The van der Waals surface area contributed by atoms with Crippen LogP contribution in [0.1, 0.15) is 36.9 Å². The highest BCUT2D eigenvalue weighted by Crippen LogP contribution is 2.45. The number of amides is 1. The fourth-order valence-electron chi connectivity index (χ4n) is 4.24. The molecule has 0 aromatic heterocycles. The monoisotopic (exact) mass is 506 g/mol. The first-order chi connectivity index (χ1) is 17.3. The van der Waals surface area contributed by atoms with E-state index in [9.17, 15) is 19.7 Å². The average molecular weight is 507 g/mol. The van der Waals surface area contributed by atoms with Gasteiger partial charge in [-0.15, -0.1) is 0 Å². The third kappa shape index (κ3) is 5.03. The summed E-state index contributed by atoms with van der Waals surface area (Å²) in [5.41, 5.74) is 3.28. The van der Waals surface area contributed by atoms with Crippen LogP contribution < -0.4 is 0 Å². The van der Waals surface area contributed by atoms with Crippen LogP contribution in [-0.2, 0) is 20.9 Å². The molecule has 1 atom stereocenters. The van der Waals surface area contributed by atoms with Gasteiger partial charge in [-0.25, -0.2) is 9.79 Å². The number of carbonyl (C=O) groups excluding carboxylic acids is 2. The SMILES string of the molecule is CCC1=C(C(=O)OC)C(c2ccc([N+](=O)[O-])cc2)N2C(CC(=O)N(C)Cc3ccccc3)=CSC2=N1. The van der Waals surface area contributed by atoms with Crippen LogP contribution in [0.4, 0.5) is 5.69 Å². The third-order valence-electron chi connectivity index (χ3n) is 6.07. The molecule has 1 unspecified atom stereocenters. The molecule has 0 N–H and O–H groups in total. The number of carbonyl (C=O) groups is 2. The molecule has 0 saturated carbocycles. The van der Waals surface area contributed by atoms with Crippen molar-refractivity contribution in [3.05, 3.63) is 98.2 Å². The first-order valence-corrected chi connectivity index (χ1v) is 12.3. The number of non-ortho nitro benzene ring substituents is 1. The van der Waals surface area contributed by atoms with Crippen molar-refractivity contribution in [3.8, 4) is 0 Å². The highest BCUT2D eigenvalue weighted by atomic mass is 32.2. The van der Waals surface area contributed by atoms with Crippen molar-refractivity contribution in [2.24, 2.45) is 4.99 Å². The van der Waals surface area contributed by atoms with Gasteiger partial charge in [0.15, 0.2) is 5.17 Å². The number of methoxy groups -OCH3 is 1. The lowest BCUT2D eigenvalue weighted by molar-refractivity contribution is -0.384. The molecule has 2 aromatic carbocycles. The summed E-state index contributed by atoms with van der Waals surface area (Å²) in [5, 5.41) is 13.7. The lowest BCUT2D eigenvalue weighted by Gasteiger charge is -2.36. The number of amidine groups is 1. The molecule has 0 fully saturated rings. The summed E-state index contributed by atoms with van der Waals surface area (Å²) in [6.07, 6.45) is 0.606. The van der Waals surface area contributed by atoms with Crippen molar-refractivity contribution in [2.45, 2.75) is 32.4 Å². The maximum absolute atomic E-state index is 13.2. The molecule has 2 heterocycles. The molecule has 2 aromatic rings. The van der Waals surface area contributed by atoms with Crippen LogP contribution >= 0.6 is 11.8 Å². The van der Waals surface area contributed by atoms with Gasteiger partial charge in [-0.3, -0.25) is 14.9 Å². The van der Waals surface area contributed by atoms with Gasteiger partial charge in [-0.1, -0.05) is 49.0 Å². The van der Waals surface area contributed by atoms with Gasteiger partial charge in [0.25, 0.3) is 5.69 Å². The van der Waals surface area contributed by atoms with Gasteiger partial charge in [0.05, 0.1) is 35.8 Å². The number of fused-ring (bicyclic) bond motifs is 1. The van der Waals surface area contributed by atoms with Crippen LogP contribution in [0.15, 0.2) is 82.0 Å². The third-order valence-corrected chi connectivity index (χ3v) is 6.96. The normalized spacial score (nSPS) is 16.8. The van der Waals surface area contributed by atoms with E-state index in [2.05, 4.69) is 0 Å². The van der Waals surface area contributed by atoms with Crippen molar-refractivity contribution in [2.75, 3.05) is 14.2 Å². The first-order valence-electron chi connectivity index (χ1n) is 11.4. The number of hydrogen-bond acceptors (Lipinski definition) is 8. The van der Waals surface area contributed by atoms with Crippen LogP contribution in [0.3, 0.4) is 0 Å². The fraction of sp³-hybridized carbons (Fsp3) is 0.269. The minimum atomic E-state index is -0.630. The van der Waals surface area contributed by atoms with E-state index in [0.717, 1.165) is 5.56 Å². The Balaban J connectivity index is 1.67. The minimum absolute atomic E-state index is 0.0490. The van der Waals surface area contributed by atoms with Gasteiger partial charge >= 0.3 is 5.97 Å². The number of rotatable bonds is 8. The maximum Gasteiger partial charge on any atom is 0.338 e. The molecule has 0 radical (unpaired) electrons. The second-order valence-corrected chi connectivity index (χ2v) is 9.20. The quantitative estimate of drug-likeness (QED) is 0.288. The van der Waals surface area contributed by atoms with Crippen molar-refractivity contribution in [1.29, 1.82) is 0 Å². The van der Waals surface area contributed by atoms with Crippen LogP contribution in [0, 0.1) is 10.1 Å². The summed E-state index contributed by atoms with van der Waals surface area (Å²) < 4.78 is 5.10. The number of nitrogens with zero attached hydrogens (tertiary/aromatic N) is 4. The van der Waals surface area contributed by atoms with Crippen LogP contribution in [0.5, 0.6) is 0 Å². The zero-order valence-electron chi connectivity index (χ0n) is 20.2. The maximum atomic E-state index is 13.2. The summed E-state index contributed by atoms with van der Waals surface area (Å²) in [4.78, 5) is 45.1. The van der Waals surface area contributed by atoms with E-state index >= 15 is 0 Å². The first kappa shape index (κ1) is 25.2. The zero-order chi connectivity index (χ0) is 25.8. The molecule has 2 aliphatic heterocycles. The molecular weight excluding hydrogens is 480 g/mol. The number of nitro groups is 1. The Hall–Kier alpha value is -3.92. The summed E-state index contributed by atoms with van der Waals surface area (Å²) in [6.45, 7) is 2.38. The number of benzene rings is 2. The van der Waals surface area contributed by atoms with Crippen molar-refractivity contribution in [3.63, 3.8) is 0 Å². The molecular formula is C26H26N4O5S. The summed E-state index contributed by atoms with van der Waals surface area (Å²) in [5.74, 6) is -0.610. The molecule has 0 bridgehead atoms. The molecule has 4 rings (SSSR count). The largest absolute Gasteiger partial charge is 0.466 e. The van der Waals surface area contributed by atoms with E-state index in [0.29, 0.717) is 40.7 Å². The lowest BCUT2D eigenvalue weighted by atomic mass is 9.92. The van der Waals surface area contributed by atoms with Gasteiger partial charge in [0.1, 0.15) is 0 Å². The smallest absolute Gasteiger partial charge is 0.338 e. The zero-order valence-corrected chi connectivity index (χ0v) is 21.0. The highest BCUT2D eigenvalue weighted by molar-refractivity contribution is 8.16. The van der Waals surface area contributed by atoms with E-state index in [1.165, 1.54) is 31.0 Å². The van der Waals surface area contributed by atoms with E-state index in [4.69, 9.17) is 9.73 Å². The number of thioether (sulfide) groups is 1. The molecule has 36 heavy (non-hydrogen) atoms. The second-order valence-electron chi connectivity index (χ2n) is 8.36. The van der Waals surface area contributed by atoms with E-state index in [1.54, 1.807) is 24.1 Å². The second kappa shape index (κ2) is 10.8. The molecule has 10 heteroatoms. The molecule has 0 spiro atoms. The van der Waals surface area contributed by atoms with Crippen LogP contribution in [-0.4, -0.2) is 45.9 Å². The highest BCUT2D eigenvalue weighted by Gasteiger charge is 2.41. The lowest BCUT2D eigenvalue weighted by Crippen LogP contribution is -2.38. The van der Waals surface area contributed by atoms with Gasteiger partial charge in [0.2, 0.25) is 5.91 Å². The van der Waals surface area contributed by atoms with Crippen LogP contribution in [0.25, 0.3) is 0 Å². The fourth-order valence-corrected chi connectivity index (χ4v) is 5.18. The van der Waals surface area contributed by atoms with E-state index < -0.39 is 16.9 Å². The topological polar surface area (TPSA) is 105 Å². The Kier molecular flexibility index (Phi) is 7.54. The van der Waals surface area contributed by atoms with Crippen molar-refractivity contribution < 1.29 is 19.2 Å². The number of ether oxygens (including phenoxy) is 1. The number of aliphatic imine (C=N–C) groups is 1. The van der Waals surface area contributed by atoms with E-state index in [1.807, 2.05) is 47.6 Å². The molecule has 2 aliphatic rings. The number of allylic oxidation sites excluding steroid dienone is 1. The van der Waals surface area contributed by atoms with Gasteiger partial charge < -0.3 is 14.5 Å². The molecule has 0 saturated heterocycles. The predicted octanol–water partition coefficient (Wildman–Crippen LogP) is 4.78. The van der Waals surface area contributed by atoms with E-state index in [-0.39, 0.29) is 18.0 Å². The van der Waals surface area contributed by atoms with Crippen molar-refractivity contribution >= 4 is 34.5 Å². The van der Waals surface area contributed by atoms with Gasteiger partial charge in [0, 0.05) is 31.4 Å². The standard InChI is InChI=1S/C26H26N4O5S/c1-4-21-23(25(32)35-3)24(18-10-12-19(13-11-18)30(33)34)29-20(16-36-26(29)27-21)14-22(31)28(2)15-17-8-6-5-7-9-17/h5-13,16,24H,4,14-15H2,1-3H3. The Bertz CT molecular complexity index is 1270. The Labute approximate surface area is 213 Å². The van der Waals surface area contributed by atoms with Crippen molar-refractivity contribution in [1.82, 2.24) is 9.80 Å². The Morgan fingerprint density at radius 2 is 1.86 bits per heavy atom. The molecule has 0 aliphatic carbocycles. The number of esters is 1. The Morgan fingerprint density at radius 1 is 1.17 bits per heavy atom. The molecule has 186 valence electrons.